The molecule has 0 saturated heterocycles. The van der Waals surface area contributed by atoms with Crippen LogP contribution in [0.5, 0.6) is 0 Å². The first kappa shape index (κ1) is 13.1. The Hall–Kier alpha value is -1.34. The molecule has 1 aromatic carbocycles. The lowest BCUT2D eigenvalue weighted by atomic mass is 10.1. The molecule has 0 aliphatic heterocycles. The van der Waals surface area contributed by atoms with E-state index < -0.39 is 0 Å². The van der Waals surface area contributed by atoms with Crippen molar-refractivity contribution in [2.75, 3.05) is 0 Å². The van der Waals surface area contributed by atoms with Gasteiger partial charge in [-0.05, 0) is 36.8 Å². The van der Waals surface area contributed by atoms with Crippen molar-refractivity contribution < 1.29 is 0 Å². The fourth-order valence-corrected chi connectivity index (χ4v) is 2.73. The average Bonchev–Trinajstić information content (AvgIpc) is 2.82. The van der Waals surface area contributed by atoms with Crippen LogP contribution in [0, 0.1) is 11.3 Å². The summed E-state index contributed by atoms with van der Waals surface area (Å²) >= 11 is 7.47. The van der Waals surface area contributed by atoms with E-state index in [1.54, 1.807) is 11.3 Å². The molecule has 1 N–H and O–H groups in total. The van der Waals surface area contributed by atoms with E-state index in [9.17, 15) is 0 Å². The lowest BCUT2D eigenvalue weighted by Crippen LogP contribution is -2.17. The molecule has 4 heteroatoms. The number of nitriles is 1. The van der Waals surface area contributed by atoms with Crippen molar-refractivity contribution in [3.05, 3.63) is 56.7 Å². The van der Waals surface area contributed by atoms with Crippen LogP contribution in [0.15, 0.2) is 36.4 Å². The number of benzene rings is 1. The smallest absolute Gasteiger partial charge is 0.0991 e. The number of nitrogens with one attached hydrogen (secondary N) is 1. The van der Waals surface area contributed by atoms with Crippen molar-refractivity contribution >= 4 is 22.9 Å². The Kier molecular flexibility index (Phi) is 4.38. The lowest BCUT2D eigenvalue weighted by Gasteiger charge is -2.13. The van der Waals surface area contributed by atoms with E-state index in [4.69, 9.17) is 16.9 Å². The van der Waals surface area contributed by atoms with Crippen LogP contribution >= 0.6 is 22.9 Å². The third-order valence-electron chi connectivity index (χ3n) is 2.73. The van der Waals surface area contributed by atoms with Crippen molar-refractivity contribution in [2.45, 2.75) is 19.5 Å². The van der Waals surface area contributed by atoms with E-state index in [0.717, 1.165) is 16.4 Å². The number of nitrogens with zero attached hydrogens (tertiary/aromatic N) is 1. The van der Waals surface area contributed by atoms with Gasteiger partial charge in [0.25, 0.3) is 0 Å². The Labute approximate surface area is 116 Å². The standard InChI is InChI=1S/C14H13ClN2S/c1-10(12-4-2-3-11(7-12)8-16)17-9-13-5-6-14(15)18-13/h2-7,10,17H,9H2,1H3. The zero-order valence-corrected chi connectivity index (χ0v) is 11.6. The lowest BCUT2D eigenvalue weighted by molar-refractivity contribution is 0.579. The zero-order valence-electron chi connectivity index (χ0n) is 9.98. The molecule has 2 rings (SSSR count). The summed E-state index contributed by atoms with van der Waals surface area (Å²) in [6.45, 7) is 2.88. The van der Waals surface area contributed by atoms with Crippen molar-refractivity contribution in [1.29, 1.82) is 5.26 Å². The predicted octanol–water partition coefficient (Wildman–Crippen LogP) is 4.12. The number of halogens is 1. The van der Waals surface area contributed by atoms with E-state index in [0.29, 0.717) is 5.56 Å². The summed E-state index contributed by atoms with van der Waals surface area (Å²) in [5.74, 6) is 0. The maximum Gasteiger partial charge on any atom is 0.0991 e. The second-order valence-electron chi connectivity index (χ2n) is 4.05. The molecule has 0 fully saturated rings. The molecule has 92 valence electrons. The second kappa shape index (κ2) is 6.01. The van der Waals surface area contributed by atoms with E-state index in [2.05, 4.69) is 18.3 Å². The Balaban J connectivity index is 1.99. The van der Waals surface area contributed by atoms with E-state index in [1.165, 1.54) is 4.88 Å². The highest BCUT2D eigenvalue weighted by Gasteiger charge is 2.06. The summed E-state index contributed by atoms with van der Waals surface area (Å²) in [6.07, 6.45) is 0. The van der Waals surface area contributed by atoms with Crippen LogP contribution in [0.25, 0.3) is 0 Å². The first-order valence-corrected chi connectivity index (χ1v) is 6.86. The van der Waals surface area contributed by atoms with Gasteiger partial charge in [-0.2, -0.15) is 5.26 Å². The topological polar surface area (TPSA) is 35.8 Å². The zero-order chi connectivity index (χ0) is 13.0. The third kappa shape index (κ3) is 3.33. The molecule has 2 aromatic rings. The van der Waals surface area contributed by atoms with Crippen LogP contribution in [-0.2, 0) is 6.54 Å². The Morgan fingerprint density at radius 1 is 1.39 bits per heavy atom. The van der Waals surface area contributed by atoms with Crippen molar-refractivity contribution in [3.63, 3.8) is 0 Å². The summed E-state index contributed by atoms with van der Waals surface area (Å²) in [4.78, 5) is 1.21. The van der Waals surface area contributed by atoms with Gasteiger partial charge in [-0.25, -0.2) is 0 Å². The molecule has 0 amide bonds. The van der Waals surface area contributed by atoms with Gasteiger partial charge >= 0.3 is 0 Å². The highest BCUT2D eigenvalue weighted by Crippen LogP contribution is 2.22. The Morgan fingerprint density at radius 2 is 2.22 bits per heavy atom. The summed E-state index contributed by atoms with van der Waals surface area (Å²) in [6, 6.07) is 14.0. The van der Waals surface area contributed by atoms with Crippen LogP contribution in [0.4, 0.5) is 0 Å². The summed E-state index contributed by atoms with van der Waals surface area (Å²) in [5.41, 5.74) is 1.82. The molecule has 1 aromatic heterocycles. The van der Waals surface area contributed by atoms with Gasteiger partial charge in [-0.3, -0.25) is 0 Å². The molecule has 0 spiro atoms. The highest BCUT2D eigenvalue weighted by molar-refractivity contribution is 7.16. The van der Waals surface area contributed by atoms with Gasteiger partial charge in [0.05, 0.1) is 16.0 Å². The van der Waals surface area contributed by atoms with Crippen molar-refractivity contribution in [2.24, 2.45) is 0 Å². The number of thiophene rings is 1. The first-order valence-electron chi connectivity index (χ1n) is 5.66. The highest BCUT2D eigenvalue weighted by atomic mass is 35.5. The molecule has 0 aliphatic carbocycles. The SMILES string of the molecule is CC(NCc1ccc(Cl)s1)c1cccc(C#N)c1. The van der Waals surface area contributed by atoms with Crippen molar-refractivity contribution in [3.8, 4) is 6.07 Å². The van der Waals surface area contributed by atoms with Gasteiger partial charge < -0.3 is 5.32 Å². The molecule has 0 aliphatic rings. The molecule has 0 bridgehead atoms. The number of hydrogen-bond acceptors (Lipinski definition) is 3. The Morgan fingerprint density at radius 3 is 2.89 bits per heavy atom. The molecule has 1 heterocycles. The van der Waals surface area contributed by atoms with Gasteiger partial charge in [-0.15, -0.1) is 11.3 Å². The van der Waals surface area contributed by atoms with E-state index >= 15 is 0 Å². The number of rotatable bonds is 4. The molecule has 2 nitrogen and oxygen atoms in total. The second-order valence-corrected chi connectivity index (χ2v) is 5.85. The van der Waals surface area contributed by atoms with Gasteiger partial charge in [0.15, 0.2) is 0 Å². The molecule has 18 heavy (non-hydrogen) atoms. The molecule has 0 radical (unpaired) electrons. The average molecular weight is 277 g/mol. The molecule has 1 unspecified atom stereocenters. The minimum Gasteiger partial charge on any atom is -0.305 e. The van der Waals surface area contributed by atoms with Crippen LogP contribution in [0.3, 0.4) is 0 Å². The fraction of sp³-hybridized carbons (Fsp3) is 0.214. The van der Waals surface area contributed by atoms with Crippen LogP contribution in [0.2, 0.25) is 4.34 Å². The molecule has 1 atom stereocenters. The summed E-state index contributed by atoms with van der Waals surface area (Å²) < 4.78 is 0.811. The quantitative estimate of drug-likeness (QED) is 0.912. The van der Waals surface area contributed by atoms with Crippen LogP contribution in [-0.4, -0.2) is 0 Å². The fourth-order valence-electron chi connectivity index (χ4n) is 1.70. The maximum atomic E-state index is 8.87. The van der Waals surface area contributed by atoms with Crippen LogP contribution in [0.1, 0.15) is 29.0 Å². The molecular formula is C14H13ClN2S. The van der Waals surface area contributed by atoms with Gasteiger partial charge in [0.2, 0.25) is 0 Å². The van der Waals surface area contributed by atoms with E-state index in [1.807, 2.05) is 36.4 Å². The van der Waals surface area contributed by atoms with Gasteiger partial charge in [0.1, 0.15) is 0 Å². The Bertz CT molecular complexity index is 571. The maximum absolute atomic E-state index is 8.87. The van der Waals surface area contributed by atoms with E-state index in [-0.39, 0.29) is 6.04 Å². The number of hydrogen-bond donors (Lipinski definition) is 1. The third-order valence-corrected chi connectivity index (χ3v) is 3.96. The monoisotopic (exact) mass is 276 g/mol. The van der Waals surface area contributed by atoms with Crippen LogP contribution < -0.4 is 5.32 Å². The molecular weight excluding hydrogens is 264 g/mol. The normalized spacial score (nSPS) is 12.1. The largest absolute Gasteiger partial charge is 0.305 e. The minimum atomic E-state index is 0.208. The first-order chi connectivity index (χ1) is 8.69. The van der Waals surface area contributed by atoms with Gasteiger partial charge in [-0.1, -0.05) is 23.7 Å². The van der Waals surface area contributed by atoms with Gasteiger partial charge in [0, 0.05) is 17.5 Å². The summed E-state index contributed by atoms with van der Waals surface area (Å²) in [5, 5.41) is 12.3. The van der Waals surface area contributed by atoms with Crippen molar-refractivity contribution in [1.82, 2.24) is 5.32 Å². The minimum absolute atomic E-state index is 0.208. The predicted molar refractivity (Wildman–Crippen MR) is 75.7 cm³/mol. The molecule has 0 saturated carbocycles. The summed E-state index contributed by atoms with van der Waals surface area (Å²) in [7, 11) is 0.